The van der Waals surface area contributed by atoms with Crippen molar-refractivity contribution in [2.45, 2.75) is 31.8 Å². The van der Waals surface area contributed by atoms with Crippen LogP contribution in [0.4, 0.5) is 11.4 Å². The van der Waals surface area contributed by atoms with Gasteiger partial charge in [0.15, 0.2) is 9.84 Å². The number of aromatic nitrogens is 1. The van der Waals surface area contributed by atoms with Gasteiger partial charge in [-0.3, -0.25) is 4.79 Å². The van der Waals surface area contributed by atoms with Crippen molar-refractivity contribution < 1.29 is 13.2 Å². The van der Waals surface area contributed by atoms with Gasteiger partial charge in [0.25, 0.3) is 5.91 Å². The summed E-state index contributed by atoms with van der Waals surface area (Å²) in [4.78, 5) is 20.8. The van der Waals surface area contributed by atoms with Gasteiger partial charge in [0.1, 0.15) is 5.69 Å². The van der Waals surface area contributed by atoms with E-state index in [1.807, 2.05) is 18.2 Å². The molecule has 2 aliphatic heterocycles. The van der Waals surface area contributed by atoms with Gasteiger partial charge < -0.3 is 9.80 Å². The molecule has 2 atom stereocenters. The molecular formula is C20H23N3O3S. The van der Waals surface area contributed by atoms with Gasteiger partial charge in [-0.25, -0.2) is 13.4 Å². The van der Waals surface area contributed by atoms with Crippen molar-refractivity contribution in [2.75, 3.05) is 23.5 Å². The van der Waals surface area contributed by atoms with E-state index < -0.39 is 9.84 Å². The van der Waals surface area contributed by atoms with E-state index in [1.165, 1.54) is 16.2 Å². The smallest absolute Gasteiger partial charge is 0.272 e. The molecule has 0 radical (unpaired) electrons. The van der Waals surface area contributed by atoms with Crippen molar-refractivity contribution in [3.05, 3.63) is 53.9 Å². The first-order chi connectivity index (χ1) is 12.9. The Kier molecular flexibility index (Phi) is 4.42. The molecule has 3 heterocycles. The Bertz CT molecular complexity index is 972. The van der Waals surface area contributed by atoms with Crippen LogP contribution in [0.3, 0.4) is 0 Å². The summed E-state index contributed by atoms with van der Waals surface area (Å²) in [6.07, 6.45) is 3.20. The van der Waals surface area contributed by atoms with E-state index >= 15 is 0 Å². The molecule has 142 valence electrons. The molecule has 0 bridgehead atoms. The van der Waals surface area contributed by atoms with Gasteiger partial charge in [0.2, 0.25) is 0 Å². The second-order valence-corrected chi connectivity index (χ2v) is 9.66. The number of rotatable bonds is 3. The zero-order chi connectivity index (χ0) is 19.2. The van der Waals surface area contributed by atoms with E-state index in [0.29, 0.717) is 18.2 Å². The van der Waals surface area contributed by atoms with Crippen molar-refractivity contribution in [1.82, 2.24) is 9.88 Å². The number of para-hydroxylation sites is 1. The molecule has 1 fully saturated rings. The number of pyridine rings is 1. The molecule has 1 aromatic heterocycles. The fraction of sp³-hybridized carbons (Fsp3) is 0.400. The molecular weight excluding hydrogens is 362 g/mol. The molecule has 0 aliphatic carbocycles. The van der Waals surface area contributed by atoms with Crippen LogP contribution in [-0.4, -0.2) is 54.8 Å². The summed E-state index contributed by atoms with van der Waals surface area (Å²) in [5.74, 6) is -0.0536. The van der Waals surface area contributed by atoms with E-state index in [1.54, 1.807) is 19.3 Å². The molecule has 0 saturated carbocycles. The lowest BCUT2D eigenvalue weighted by atomic mass is 10.1. The highest BCUT2D eigenvalue weighted by Gasteiger charge is 2.33. The molecule has 2 aliphatic rings. The lowest BCUT2D eigenvalue weighted by Crippen LogP contribution is -2.38. The molecule has 6 nitrogen and oxygen atoms in total. The molecule has 2 aromatic rings. The fourth-order valence-corrected chi connectivity index (χ4v) is 5.82. The number of nitrogens with zero attached hydrogens (tertiary/aromatic N) is 3. The van der Waals surface area contributed by atoms with Crippen LogP contribution in [0.5, 0.6) is 0 Å². The van der Waals surface area contributed by atoms with Gasteiger partial charge in [-0.2, -0.15) is 0 Å². The average Bonchev–Trinajstić information content (AvgIpc) is 3.19. The first kappa shape index (κ1) is 18.0. The van der Waals surface area contributed by atoms with Crippen LogP contribution in [-0.2, 0) is 16.3 Å². The zero-order valence-corrected chi connectivity index (χ0v) is 16.3. The van der Waals surface area contributed by atoms with Crippen LogP contribution in [0, 0.1) is 0 Å². The summed E-state index contributed by atoms with van der Waals surface area (Å²) in [5.41, 5.74) is 3.78. The van der Waals surface area contributed by atoms with Gasteiger partial charge in [-0.15, -0.1) is 0 Å². The van der Waals surface area contributed by atoms with Crippen molar-refractivity contribution in [1.29, 1.82) is 0 Å². The highest BCUT2D eigenvalue weighted by molar-refractivity contribution is 7.91. The molecule has 1 saturated heterocycles. The van der Waals surface area contributed by atoms with Gasteiger partial charge in [-0.05, 0) is 43.5 Å². The molecule has 4 rings (SSSR count). The summed E-state index contributed by atoms with van der Waals surface area (Å²) >= 11 is 0. The van der Waals surface area contributed by atoms with Crippen LogP contribution in [0.2, 0.25) is 0 Å². The van der Waals surface area contributed by atoms with Crippen LogP contribution < -0.4 is 4.90 Å². The number of hydrogen-bond donors (Lipinski definition) is 0. The third-order valence-electron chi connectivity index (χ3n) is 5.53. The van der Waals surface area contributed by atoms with E-state index in [2.05, 4.69) is 28.9 Å². The predicted octanol–water partition coefficient (Wildman–Crippen LogP) is 2.42. The maximum absolute atomic E-state index is 12.7. The fourth-order valence-electron chi connectivity index (χ4n) is 4.04. The molecule has 0 N–H and O–H groups in total. The van der Waals surface area contributed by atoms with Gasteiger partial charge in [0.05, 0.1) is 23.4 Å². The van der Waals surface area contributed by atoms with Crippen LogP contribution >= 0.6 is 0 Å². The number of benzene rings is 1. The number of sulfone groups is 1. The first-order valence-corrected chi connectivity index (χ1v) is 11.0. The molecule has 2 unspecified atom stereocenters. The predicted molar refractivity (Wildman–Crippen MR) is 105 cm³/mol. The van der Waals surface area contributed by atoms with E-state index in [-0.39, 0.29) is 23.5 Å². The lowest BCUT2D eigenvalue weighted by Gasteiger charge is -2.26. The maximum Gasteiger partial charge on any atom is 0.272 e. The number of amides is 1. The minimum Gasteiger partial charge on any atom is -0.337 e. The molecule has 1 amide bonds. The van der Waals surface area contributed by atoms with Crippen molar-refractivity contribution in [2.24, 2.45) is 0 Å². The minimum absolute atomic E-state index is 0.0371. The van der Waals surface area contributed by atoms with Gasteiger partial charge in [-0.1, -0.05) is 18.2 Å². The summed E-state index contributed by atoms with van der Waals surface area (Å²) in [6.45, 7) is 2.17. The van der Waals surface area contributed by atoms with E-state index in [4.69, 9.17) is 0 Å². The quantitative estimate of drug-likeness (QED) is 0.812. The monoisotopic (exact) mass is 385 g/mol. The summed E-state index contributed by atoms with van der Waals surface area (Å²) < 4.78 is 23.3. The number of fused-ring (bicyclic) bond motifs is 1. The zero-order valence-electron chi connectivity index (χ0n) is 15.5. The van der Waals surface area contributed by atoms with E-state index in [0.717, 1.165) is 12.1 Å². The normalized spacial score (nSPS) is 23.3. The Labute approximate surface area is 159 Å². The molecule has 27 heavy (non-hydrogen) atoms. The van der Waals surface area contributed by atoms with Crippen LogP contribution in [0.15, 0.2) is 42.6 Å². The Morgan fingerprint density at radius 1 is 1.22 bits per heavy atom. The van der Waals surface area contributed by atoms with Crippen LogP contribution in [0.25, 0.3) is 0 Å². The highest BCUT2D eigenvalue weighted by atomic mass is 32.2. The summed E-state index contributed by atoms with van der Waals surface area (Å²) in [5, 5.41) is 0. The van der Waals surface area contributed by atoms with Gasteiger partial charge in [0, 0.05) is 24.8 Å². The Morgan fingerprint density at radius 3 is 2.67 bits per heavy atom. The van der Waals surface area contributed by atoms with Crippen molar-refractivity contribution in [3.63, 3.8) is 0 Å². The topological polar surface area (TPSA) is 70.6 Å². The average molecular weight is 385 g/mol. The maximum atomic E-state index is 12.7. The molecule has 7 heteroatoms. The largest absolute Gasteiger partial charge is 0.337 e. The van der Waals surface area contributed by atoms with Gasteiger partial charge >= 0.3 is 0 Å². The molecule has 0 spiro atoms. The third-order valence-corrected chi connectivity index (χ3v) is 7.28. The number of anilines is 2. The van der Waals surface area contributed by atoms with E-state index in [9.17, 15) is 13.2 Å². The second-order valence-electron chi connectivity index (χ2n) is 7.43. The second kappa shape index (κ2) is 6.64. The highest BCUT2D eigenvalue weighted by Crippen LogP contribution is 2.37. The third kappa shape index (κ3) is 3.32. The minimum atomic E-state index is -3.03. The Morgan fingerprint density at radius 2 is 2.00 bits per heavy atom. The summed E-state index contributed by atoms with van der Waals surface area (Å²) in [7, 11) is -1.37. The standard InChI is InChI=1S/C20H23N3O3S/c1-14-11-15-5-3-4-6-19(15)23(14)16-7-8-18(21-12-16)20(24)22(2)17-9-10-27(25,26)13-17/h3-8,12,14,17H,9-11,13H2,1-2H3. The Balaban J connectivity index is 1.53. The van der Waals surface area contributed by atoms with Crippen LogP contribution in [0.1, 0.15) is 29.4 Å². The number of carbonyl (C=O) groups is 1. The lowest BCUT2D eigenvalue weighted by molar-refractivity contribution is 0.0742. The number of carbonyl (C=O) groups excluding carboxylic acids is 1. The first-order valence-electron chi connectivity index (χ1n) is 9.16. The number of hydrogen-bond acceptors (Lipinski definition) is 5. The summed E-state index contributed by atoms with van der Waals surface area (Å²) in [6, 6.07) is 12.0. The SMILES string of the molecule is CC1Cc2ccccc2N1c1ccc(C(=O)N(C)C2CCS(=O)(=O)C2)nc1. The molecule has 1 aromatic carbocycles. The van der Waals surface area contributed by atoms with Crippen molar-refractivity contribution >= 4 is 27.1 Å². The van der Waals surface area contributed by atoms with Crippen molar-refractivity contribution in [3.8, 4) is 0 Å². The Hall–Kier alpha value is -2.41.